The fraction of sp³-hybridized carbons (Fsp3) is 0.820. The van der Waals surface area contributed by atoms with Gasteiger partial charge in [-0.1, -0.05) is 86.5 Å². The quantitative estimate of drug-likeness (QED) is 0.0395. The number of carbonyl (C=O) groups is 11. The highest BCUT2D eigenvalue weighted by molar-refractivity contribution is 6.01. The Morgan fingerprint density at radius 3 is 1.60 bits per heavy atom. The van der Waals surface area contributed by atoms with E-state index in [1.54, 1.807) is 46.6 Å². The van der Waals surface area contributed by atoms with Crippen molar-refractivity contribution in [3.05, 3.63) is 0 Å². The number of likely N-dealkylation sites (N-methyl/N-ethyl adjacent to an activating group) is 1. The molecule has 5 unspecified atom stereocenters. The third kappa shape index (κ3) is 26.4. The molecule has 85 heavy (non-hydrogen) atoms. The van der Waals surface area contributed by atoms with Crippen molar-refractivity contribution in [2.75, 3.05) is 33.3 Å². The molecule has 1 saturated heterocycles. The molecule has 0 bridgehead atoms. The van der Waals surface area contributed by atoms with E-state index in [9.17, 15) is 63.0 Å². The van der Waals surface area contributed by atoms with Crippen LogP contribution in [0, 0.1) is 17.8 Å². The Labute approximate surface area is 506 Å². The van der Waals surface area contributed by atoms with Crippen LogP contribution in [0.1, 0.15) is 208 Å². The van der Waals surface area contributed by atoms with Gasteiger partial charge in [0.2, 0.25) is 59.1 Å². The SMILES string of the molecule is CCCCCCCCC(C)C(=O)N1CCCC1C(=O)N[C@@H](C[C@H](C)CC(O)CC(=O)CC)C(=O)N[C@@H](C)C(=O)NC(C)(C)C(=O)NC(C)(C)C(=O)NC(C(=O)N[C@@H](C)C(=O)NC(C)(C)C(=O)NC(C)(C)C(=O)N[C@@H](C)CN(C)CCO)C(C)CC. The fourth-order valence-corrected chi connectivity index (χ4v) is 9.78. The molecule has 11 N–H and O–H groups in total. The van der Waals surface area contributed by atoms with E-state index >= 15 is 0 Å². The lowest BCUT2D eigenvalue weighted by molar-refractivity contribution is -0.142. The maximum Gasteiger partial charge on any atom is 0.246 e. The molecule has 0 aromatic carbocycles. The monoisotopic (exact) mass is 1210 g/mol. The average Bonchev–Trinajstić information content (AvgIpc) is 4.18. The van der Waals surface area contributed by atoms with Gasteiger partial charge in [0.25, 0.3) is 0 Å². The highest BCUT2D eigenvalue weighted by atomic mass is 16.3. The minimum Gasteiger partial charge on any atom is -0.395 e. The van der Waals surface area contributed by atoms with Crippen LogP contribution >= 0.6 is 0 Å². The second-order valence-electron chi connectivity index (χ2n) is 26.1. The summed E-state index contributed by atoms with van der Waals surface area (Å²) in [5, 5.41) is 44.1. The first kappa shape index (κ1) is 77.3. The van der Waals surface area contributed by atoms with Gasteiger partial charge in [-0.05, 0) is 127 Å². The molecular formula is C61H111N11O13. The van der Waals surface area contributed by atoms with E-state index in [0.717, 1.165) is 32.1 Å². The second kappa shape index (κ2) is 35.8. The highest BCUT2D eigenvalue weighted by Gasteiger charge is 2.43. The van der Waals surface area contributed by atoms with E-state index in [-0.39, 0.29) is 61.9 Å². The molecule has 0 aromatic heterocycles. The number of unbranched alkanes of at least 4 members (excludes halogenated alkanes) is 5. The molecule has 1 fully saturated rings. The van der Waals surface area contributed by atoms with E-state index in [4.69, 9.17) is 0 Å². The lowest BCUT2D eigenvalue weighted by atomic mass is 9.92. The maximum absolute atomic E-state index is 14.1. The van der Waals surface area contributed by atoms with E-state index in [1.807, 2.05) is 11.8 Å². The van der Waals surface area contributed by atoms with Crippen LogP contribution < -0.4 is 47.9 Å². The Hall–Kier alpha value is -5.75. The Morgan fingerprint density at radius 2 is 1.09 bits per heavy atom. The Bertz CT molecular complexity index is 2260. The summed E-state index contributed by atoms with van der Waals surface area (Å²) < 4.78 is 0. The summed E-state index contributed by atoms with van der Waals surface area (Å²) in [5.41, 5.74) is -6.36. The van der Waals surface area contributed by atoms with Gasteiger partial charge >= 0.3 is 0 Å². The molecule has 0 spiro atoms. The number of Topliss-reactive ketones (excluding diaryl/α,β-unsaturated/α-hetero) is 1. The predicted molar refractivity (Wildman–Crippen MR) is 326 cm³/mol. The van der Waals surface area contributed by atoms with Crippen molar-refractivity contribution >= 4 is 64.9 Å². The topological polar surface area (TPSA) is 343 Å². The molecule has 24 heteroatoms. The van der Waals surface area contributed by atoms with E-state index in [1.165, 1.54) is 75.7 Å². The lowest BCUT2D eigenvalue weighted by Gasteiger charge is -2.34. The number of nitrogens with zero attached hydrogens (tertiary/aromatic N) is 2. The normalized spacial score (nSPS) is 17.1. The largest absolute Gasteiger partial charge is 0.395 e. The highest BCUT2D eigenvalue weighted by Crippen LogP contribution is 2.24. The van der Waals surface area contributed by atoms with Gasteiger partial charge in [0.15, 0.2) is 0 Å². The van der Waals surface area contributed by atoms with Crippen LogP contribution in [0.15, 0.2) is 0 Å². The number of nitrogens with one attached hydrogen (secondary N) is 9. The van der Waals surface area contributed by atoms with Gasteiger partial charge in [0, 0.05) is 44.4 Å². The van der Waals surface area contributed by atoms with Gasteiger partial charge in [0.05, 0.1) is 12.7 Å². The molecule has 0 saturated carbocycles. The second-order valence-corrected chi connectivity index (χ2v) is 26.1. The Morgan fingerprint density at radius 1 is 0.600 bits per heavy atom. The zero-order chi connectivity index (χ0) is 65.4. The third-order valence-corrected chi connectivity index (χ3v) is 15.8. The van der Waals surface area contributed by atoms with Crippen molar-refractivity contribution < 1.29 is 63.0 Å². The zero-order valence-corrected chi connectivity index (χ0v) is 54.8. The summed E-state index contributed by atoms with van der Waals surface area (Å²) in [6.45, 7) is 28.3. The molecule has 488 valence electrons. The predicted octanol–water partition coefficient (Wildman–Crippen LogP) is 2.54. The van der Waals surface area contributed by atoms with Crippen LogP contribution in [0.3, 0.4) is 0 Å². The molecule has 0 aromatic rings. The molecule has 1 rings (SSSR count). The first-order chi connectivity index (χ1) is 39.3. The van der Waals surface area contributed by atoms with Gasteiger partial charge in [-0.15, -0.1) is 0 Å². The summed E-state index contributed by atoms with van der Waals surface area (Å²) in [6, 6.07) is -6.06. The summed E-state index contributed by atoms with van der Waals surface area (Å²) in [4.78, 5) is 153. The maximum atomic E-state index is 14.1. The molecule has 1 aliphatic heterocycles. The number of aliphatic hydroxyl groups is 2. The standard InChI is InChI=1S/C61H111N11O13/c1-19-22-23-24-25-26-28-39(6)53(81)72-30-27-29-46(72)51(79)65-45(34-37(4)33-44(75)35-43(74)21-3)50(78)63-41(8)48(76)67-61(16,17)57(85)70-59(12,13)55(83)66-47(38(5)20-2)52(80)64-42(9)49(77)68-60(14,15)56(84)69-58(10,11)54(82)62-40(7)36-71(18)31-32-73/h37-42,44-47,73,75H,19-36H2,1-18H3,(H,62,82)(H,63,78)(H,64,80)(H,65,79)(H,66,83)(H,67,76)(H,68,77)(H,69,84)(H,70,85)/t37-,38?,39?,40+,41+,42+,44?,45+,46?,47?/m1/s1. The Balaban J connectivity index is 3.14. The van der Waals surface area contributed by atoms with E-state index < -0.39 is 118 Å². The third-order valence-electron chi connectivity index (χ3n) is 15.8. The zero-order valence-electron chi connectivity index (χ0n) is 54.8. The number of likely N-dealkylation sites (tertiary alicyclic amines) is 1. The average molecular weight is 1210 g/mol. The molecule has 10 atom stereocenters. The van der Waals surface area contributed by atoms with Gasteiger partial charge in [0.1, 0.15) is 58.1 Å². The summed E-state index contributed by atoms with van der Waals surface area (Å²) in [6.07, 6.45) is 7.95. The number of aliphatic hydroxyl groups excluding tert-OH is 2. The summed E-state index contributed by atoms with van der Waals surface area (Å²) >= 11 is 0. The van der Waals surface area contributed by atoms with Crippen molar-refractivity contribution in [1.29, 1.82) is 0 Å². The lowest BCUT2D eigenvalue weighted by Crippen LogP contribution is -2.66. The van der Waals surface area contributed by atoms with Crippen molar-refractivity contribution in [2.45, 2.75) is 272 Å². The van der Waals surface area contributed by atoms with Crippen LogP contribution in [0.4, 0.5) is 0 Å². The molecule has 1 heterocycles. The van der Waals surface area contributed by atoms with Crippen molar-refractivity contribution in [1.82, 2.24) is 57.7 Å². The smallest absolute Gasteiger partial charge is 0.246 e. The van der Waals surface area contributed by atoms with Crippen molar-refractivity contribution in [2.24, 2.45) is 17.8 Å². The van der Waals surface area contributed by atoms with Crippen LogP contribution in [0.5, 0.6) is 0 Å². The van der Waals surface area contributed by atoms with Crippen LogP contribution in [-0.4, -0.2) is 183 Å². The number of carbonyl (C=O) groups excluding carboxylic acids is 11. The van der Waals surface area contributed by atoms with E-state index in [0.29, 0.717) is 45.3 Å². The van der Waals surface area contributed by atoms with Crippen molar-refractivity contribution in [3.63, 3.8) is 0 Å². The minimum atomic E-state index is -1.70. The first-order valence-electron chi connectivity index (χ1n) is 30.9. The fourth-order valence-electron chi connectivity index (χ4n) is 9.78. The number of rotatable bonds is 39. The number of ketones is 1. The van der Waals surface area contributed by atoms with Crippen LogP contribution in [0.2, 0.25) is 0 Å². The van der Waals surface area contributed by atoms with Gasteiger partial charge < -0.3 is 67.9 Å². The minimum absolute atomic E-state index is 0.0192. The molecule has 0 aliphatic carbocycles. The molecule has 10 amide bonds. The van der Waals surface area contributed by atoms with Gasteiger partial charge in [-0.2, -0.15) is 0 Å². The van der Waals surface area contributed by atoms with Crippen LogP contribution in [-0.2, 0) is 52.7 Å². The molecular weight excluding hydrogens is 1090 g/mol. The van der Waals surface area contributed by atoms with E-state index in [2.05, 4.69) is 54.8 Å². The first-order valence-corrected chi connectivity index (χ1v) is 30.9. The molecule has 0 radical (unpaired) electrons. The summed E-state index contributed by atoms with van der Waals surface area (Å²) in [7, 11) is 1.80. The van der Waals surface area contributed by atoms with Gasteiger partial charge in [-0.25, -0.2) is 0 Å². The molecule has 24 nitrogen and oxygen atoms in total. The number of hydrogen-bond acceptors (Lipinski definition) is 14. The van der Waals surface area contributed by atoms with Crippen LogP contribution in [0.25, 0.3) is 0 Å². The number of hydrogen-bond donors (Lipinski definition) is 11. The van der Waals surface area contributed by atoms with Gasteiger partial charge in [-0.3, -0.25) is 52.7 Å². The summed E-state index contributed by atoms with van der Waals surface area (Å²) in [5.74, 6) is -7.69. The Kier molecular flexibility index (Phi) is 32.5. The molecule has 1 aliphatic rings. The van der Waals surface area contributed by atoms with Crippen molar-refractivity contribution in [3.8, 4) is 0 Å². The number of amides is 10.